The molecule has 0 N–H and O–H groups in total. The molecule has 1 spiro atoms. The SMILES string of the molecule is CN1CCC2(CC1)OCc1ccc(Cl)cc12. The van der Waals surface area contributed by atoms with E-state index in [9.17, 15) is 0 Å². The molecule has 0 bridgehead atoms. The Bertz CT molecular complexity index is 410. The molecule has 1 aromatic rings. The van der Waals surface area contributed by atoms with Crippen molar-refractivity contribution in [3.63, 3.8) is 0 Å². The van der Waals surface area contributed by atoms with Crippen LogP contribution in [-0.2, 0) is 16.9 Å². The standard InChI is InChI=1S/C13H16ClNO/c1-15-6-4-13(5-7-15)12-8-11(14)3-2-10(12)9-16-13/h2-3,8H,4-7,9H2,1H3. The first-order chi connectivity index (χ1) is 7.70. The Morgan fingerprint density at radius 3 is 2.81 bits per heavy atom. The summed E-state index contributed by atoms with van der Waals surface area (Å²) in [6.45, 7) is 2.95. The second kappa shape index (κ2) is 3.73. The molecule has 1 saturated heterocycles. The van der Waals surface area contributed by atoms with Gasteiger partial charge in [0.1, 0.15) is 0 Å². The maximum atomic E-state index is 6.09. The van der Waals surface area contributed by atoms with E-state index in [4.69, 9.17) is 16.3 Å². The molecule has 0 unspecified atom stereocenters. The van der Waals surface area contributed by atoms with Crippen LogP contribution in [0.15, 0.2) is 18.2 Å². The van der Waals surface area contributed by atoms with Gasteiger partial charge in [-0.25, -0.2) is 0 Å². The van der Waals surface area contributed by atoms with Crippen LogP contribution in [0, 0.1) is 0 Å². The molecular weight excluding hydrogens is 222 g/mol. The highest BCUT2D eigenvalue weighted by molar-refractivity contribution is 6.30. The van der Waals surface area contributed by atoms with Crippen molar-refractivity contribution in [3.05, 3.63) is 34.3 Å². The number of nitrogens with zero attached hydrogens (tertiary/aromatic N) is 1. The van der Waals surface area contributed by atoms with Crippen LogP contribution in [0.1, 0.15) is 24.0 Å². The highest BCUT2D eigenvalue weighted by Crippen LogP contribution is 2.44. The molecule has 3 heteroatoms. The van der Waals surface area contributed by atoms with Crippen molar-refractivity contribution >= 4 is 11.6 Å². The van der Waals surface area contributed by atoms with Gasteiger partial charge >= 0.3 is 0 Å². The molecule has 1 fully saturated rings. The number of halogens is 1. The third-order valence-corrected chi connectivity index (χ3v) is 4.10. The minimum atomic E-state index is -0.0489. The fourth-order valence-corrected chi connectivity index (χ4v) is 2.96. The summed E-state index contributed by atoms with van der Waals surface area (Å²) in [5, 5.41) is 0.822. The van der Waals surface area contributed by atoms with Crippen molar-refractivity contribution in [2.45, 2.75) is 25.0 Å². The minimum Gasteiger partial charge on any atom is -0.365 e. The van der Waals surface area contributed by atoms with Crippen LogP contribution in [0.2, 0.25) is 5.02 Å². The van der Waals surface area contributed by atoms with Crippen molar-refractivity contribution in [1.82, 2.24) is 4.90 Å². The number of hydrogen-bond acceptors (Lipinski definition) is 2. The van der Waals surface area contributed by atoms with Crippen molar-refractivity contribution in [2.75, 3.05) is 20.1 Å². The Hall–Kier alpha value is -0.570. The summed E-state index contributed by atoms with van der Waals surface area (Å²) in [6, 6.07) is 6.15. The van der Waals surface area contributed by atoms with Crippen LogP contribution in [0.4, 0.5) is 0 Å². The smallest absolute Gasteiger partial charge is 0.0964 e. The van der Waals surface area contributed by atoms with Crippen LogP contribution < -0.4 is 0 Å². The van der Waals surface area contributed by atoms with Gasteiger partial charge in [0.15, 0.2) is 0 Å². The van der Waals surface area contributed by atoms with Gasteiger partial charge in [0.25, 0.3) is 0 Å². The lowest BCUT2D eigenvalue weighted by Gasteiger charge is -2.37. The van der Waals surface area contributed by atoms with Gasteiger partial charge in [0.2, 0.25) is 0 Å². The molecule has 0 aliphatic carbocycles. The Morgan fingerprint density at radius 1 is 1.31 bits per heavy atom. The van der Waals surface area contributed by atoms with Gasteiger partial charge in [-0.15, -0.1) is 0 Å². The molecule has 2 heterocycles. The number of ether oxygens (including phenoxy) is 1. The van der Waals surface area contributed by atoms with E-state index in [0.717, 1.165) is 37.6 Å². The summed E-state index contributed by atoms with van der Waals surface area (Å²) in [5.41, 5.74) is 2.59. The number of rotatable bonds is 0. The third kappa shape index (κ3) is 1.56. The molecule has 1 aromatic carbocycles. The van der Waals surface area contributed by atoms with Crippen molar-refractivity contribution in [2.24, 2.45) is 0 Å². The molecule has 3 rings (SSSR count). The highest BCUT2D eigenvalue weighted by Gasteiger charge is 2.41. The first kappa shape index (κ1) is 10.6. The van der Waals surface area contributed by atoms with E-state index in [0.29, 0.717) is 0 Å². The molecule has 0 amide bonds. The van der Waals surface area contributed by atoms with E-state index in [1.807, 2.05) is 6.07 Å². The summed E-state index contributed by atoms with van der Waals surface area (Å²) in [6.07, 6.45) is 2.16. The van der Waals surface area contributed by atoms with E-state index >= 15 is 0 Å². The molecule has 0 radical (unpaired) electrons. The maximum Gasteiger partial charge on any atom is 0.0964 e. The summed E-state index contributed by atoms with van der Waals surface area (Å²) in [5.74, 6) is 0. The van der Waals surface area contributed by atoms with Crippen LogP contribution in [0.25, 0.3) is 0 Å². The topological polar surface area (TPSA) is 12.5 Å². The average molecular weight is 238 g/mol. The second-order valence-corrected chi connectivity index (χ2v) is 5.32. The summed E-state index contributed by atoms with van der Waals surface area (Å²) in [4.78, 5) is 2.36. The number of benzene rings is 1. The summed E-state index contributed by atoms with van der Waals surface area (Å²) >= 11 is 6.09. The highest BCUT2D eigenvalue weighted by atomic mass is 35.5. The minimum absolute atomic E-state index is 0.0489. The summed E-state index contributed by atoms with van der Waals surface area (Å²) < 4.78 is 6.07. The van der Waals surface area contributed by atoms with Gasteiger partial charge in [-0.2, -0.15) is 0 Å². The predicted molar refractivity (Wildman–Crippen MR) is 64.7 cm³/mol. The molecule has 0 atom stereocenters. The number of piperidine rings is 1. The first-order valence-electron chi connectivity index (χ1n) is 5.81. The molecule has 16 heavy (non-hydrogen) atoms. The fourth-order valence-electron chi connectivity index (χ4n) is 2.79. The number of hydrogen-bond donors (Lipinski definition) is 0. The molecule has 0 aromatic heterocycles. The fraction of sp³-hybridized carbons (Fsp3) is 0.538. The van der Waals surface area contributed by atoms with Crippen molar-refractivity contribution in [3.8, 4) is 0 Å². The maximum absolute atomic E-state index is 6.09. The van der Waals surface area contributed by atoms with Gasteiger partial charge in [0.05, 0.1) is 12.2 Å². The van der Waals surface area contributed by atoms with Crippen LogP contribution in [0.3, 0.4) is 0 Å². The van der Waals surface area contributed by atoms with Gasteiger partial charge in [-0.3, -0.25) is 0 Å². The van der Waals surface area contributed by atoms with E-state index in [-0.39, 0.29) is 5.60 Å². The third-order valence-electron chi connectivity index (χ3n) is 3.86. The van der Waals surface area contributed by atoms with Crippen LogP contribution >= 0.6 is 11.6 Å². The van der Waals surface area contributed by atoms with Gasteiger partial charge < -0.3 is 9.64 Å². The largest absolute Gasteiger partial charge is 0.365 e. The van der Waals surface area contributed by atoms with Gasteiger partial charge in [0, 0.05) is 18.1 Å². The normalized spacial score (nSPS) is 23.6. The molecular formula is C13H16ClNO. The van der Waals surface area contributed by atoms with Gasteiger partial charge in [-0.1, -0.05) is 17.7 Å². The second-order valence-electron chi connectivity index (χ2n) is 4.89. The zero-order valence-electron chi connectivity index (χ0n) is 9.50. The number of fused-ring (bicyclic) bond motifs is 2. The van der Waals surface area contributed by atoms with E-state index in [2.05, 4.69) is 24.1 Å². The lowest BCUT2D eigenvalue weighted by molar-refractivity contribution is -0.0755. The Kier molecular flexibility index (Phi) is 2.46. The van der Waals surface area contributed by atoms with E-state index in [1.165, 1.54) is 11.1 Å². The molecule has 0 saturated carbocycles. The lowest BCUT2D eigenvalue weighted by Crippen LogP contribution is -2.40. The zero-order valence-corrected chi connectivity index (χ0v) is 10.3. The van der Waals surface area contributed by atoms with E-state index < -0.39 is 0 Å². The monoisotopic (exact) mass is 237 g/mol. The average Bonchev–Trinajstić information content (AvgIpc) is 2.62. The van der Waals surface area contributed by atoms with E-state index in [1.54, 1.807) is 0 Å². The van der Waals surface area contributed by atoms with Crippen LogP contribution in [-0.4, -0.2) is 25.0 Å². The first-order valence-corrected chi connectivity index (χ1v) is 6.19. The molecule has 2 nitrogen and oxygen atoms in total. The molecule has 86 valence electrons. The predicted octanol–water partition coefficient (Wildman–Crippen LogP) is 2.79. The van der Waals surface area contributed by atoms with Gasteiger partial charge in [-0.05, 0) is 43.1 Å². The Morgan fingerprint density at radius 2 is 2.06 bits per heavy atom. The summed E-state index contributed by atoms with van der Waals surface area (Å²) in [7, 11) is 2.17. The van der Waals surface area contributed by atoms with Crippen LogP contribution in [0.5, 0.6) is 0 Å². The number of likely N-dealkylation sites (tertiary alicyclic amines) is 1. The molecule has 2 aliphatic rings. The van der Waals surface area contributed by atoms with Crippen molar-refractivity contribution < 1.29 is 4.74 Å². The lowest BCUT2D eigenvalue weighted by atomic mass is 9.84. The quantitative estimate of drug-likeness (QED) is 0.688. The Balaban J connectivity index is 1.98. The Labute approximate surface area is 101 Å². The molecule has 2 aliphatic heterocycles. The van der Waals surface area contributed by atoms with Crippen molar-refractivity contribution in [1.29, 1.82) is 0 Å². The zero-order chi connectivity index (χ0) is 11.2.